The number of nitrogens with zero attached hydrogens (tertiary/aromatic N) is 2. The Hall–Kier alpha value is -2.90. The lowest BCUT2D eigenvalue weighted by atomic mass is 10.00. The number of hydrazone groups is 1. The van der Waals surface area contributed by atoms with E-state index in [0.717, 1.165) is 5.01 Å². The molecule has 8 heteroatoms. The van der Waals surface area contributed by atoms with E-state index in [1.807, 2.05) is 0 Å². The van der Waals surface area contributed by atoms with Gasteiger partial charge in [0.2, 0.25) is 0 Å². The van der Waals surface area contributed by atoms with Crippen LogP contribution in [0.3, 0.4) is 0 Å². The fourth-order valence-corrected chi connectivity index (χ4v) is 1.93. The Morgan fingerprint density at radius 1 is 1.39 bits per heavy atom. The Labute approximate surface area is 132 Å². The van der Waals surface area contributed by atoms with Crippen LogP contribution in [0.25, 0.3) is 0 Å². The van der Waals surface area contributed by atoms with E-state index >= 15 is 0 Å². The molecule has 0 aromatic heterocycles. The van der Waals surface area contributed by atoms with Gasteiger partial charge in [0, 0.05) is 0 Å². The average Bonchev–Trinajstić information content (AvgIpc) is 2.74. The summed E-state index contributed by atoms with van der Waals surface area (Å²) in [6.45, 7) is 3.03. The Kier molecular flexibility index (Phi) is 4.63. The number of amides is 3. The molecule has 1 aromatic rings. The van der Waals surface area contributed by atoms with Crippen molar-refractivity contribution >= 4 is 24.1 Å². The van der Waals surface area contributed by atoms with Crippen molar-refractivity contribution in [1.82, 2.24) is 10.3 Å². The van der Waals surface area contributed by atoms with Crippen LogP contribution < -0.4 is 10.1 Å². The molecule has 8 nitrogen and oxygen atoms in total. The minimum atomic E-state index is -1.06. The van der Waals surface area contributed by atoms with Crippen molar-refractivity contribution in [3.05, 3.63) is 29.8 Å². The van der Waals surface area contributed by atoms with E-state index in [1.165, 1.54) is 6.21 Å². The first-order valence-corrected chi connectivity index (χ1v) is 7.01. The predicted octanol–water partition coefficient (Wildman–Crippen LogP) is 1.20. The summed E-state index contributed by atoms with van der Waals surface area (Å²) in [6.07, 6.45) is 1.85. The largest absolute Gasteiger partial charge is 0.482 e. The molecule has 0 unspecified atom stereocenters. The van der Waals surface area contributed by atoms with Crippen LogP contribution in [0.2, 0.25) is 0 Å². The summed E-state index contributed by atoms with van der Waals surface area (Å²) < 4.78 is 5.00. The number of imide groups is 1. The second-order valence-corrected chi connectivity index (χ2v) is 5.23. The molecule has 23 heavy (non-hydrogen) atoms. The van der Waals surface area contributed by atoms with Crippen molar-refractivity contribution in [2.24, 2.45) is 5.10 Å². The van der Waals surface area contributed by atoms with E-state index in [2.05, 4.69) is 10.4 Å². The number of hydrogen-bond donors (Lipinski definition) is 2. The summed E-state index contributed by atoms with van der Waals surface area (Å²) in [6, 6.07) is 5.87. The Balaban J connectivity index is 2.04. The smallest absolute Gasteiger partial charge is 0.346 e. The Bertz CT molecular complexity index is 656. The third-order valence-electron chi connectivity index (χ3n) is 3.51. The van der Waals surface area contributed by atoms with E-state index in [0.29, 0.717) is 17.7 Å². The molecule has 1 heterocycles. The number of carbonyl (C=O) groups excluding carboxylic acids is 2. The number of benzene rings is 1. The molecule has 0 saturated carbocycles. The highest BCUT2D eigenvalue weighted by Crippen LogP contribution is 2.21. The van der Waals surface area contributed by atoms with Gasteiger partial charge in [-0.25, -0.2) is 9.59 Å². The highest BCUT2D eigenvalue weighted by atomic mass is 16.5. The molecule has 1 aliphatic rings. The lowest BCUT2D eigenvalue weighted by Crippen LogP contribution is -2.42. The van der Waals surface area contributed by atoms with Crippen molar-refractivity contribution in [3.63, 3.8) is 0 Å². The molecule has 0 radical (unpaired) electrons. The number of rotatable bonds is 6. The molecule has 3 amide bonds. The summed E-state index contributed by atoms with van der Waals surface area (Å²) in [5.74, 6) is -1.06. The number of carboxylic acid groups (broad SMARTS) is 1. The number of carboxylic acids is 1. The maximum absolute atomic E-state index is 12.1. The van der Waals surface area contributed by atoms with Crippen molar-refractivity contribution in [3.8, 4) is 5.75 Å². The van der Waals surface area contributed by atoms with Crippen LogP contribution in [0.5, 0.6) is 5.75 Å². The van der Waals surface area contributed by atoms with Gasteiger partial charge in [0.15, 0.2) is 6.61 Å². The number of urea groups is 1. The molecule has 1 aliphatic heterocycles. The zero-order valence-electron chi connectivity index (χ0n) is 12.8. The fraction of sp³-hybridized carbons (Fsp3) is 0.333. The van der Waals surface area contributed by atoms with E-state index in [4.69, 9.17) is 9.84 Å². The SMILES string of the molecule is CC[C@]1(C)NC(=O)N(N=Cc2ccc(OCC(=O)O)cc2)C1=O. The summed E-state index contributed by atoms with van der Waals surface area (Å²) >= 11 is 0. The zero-order valence-corrected chi connectivity index (χ0v) is 12.8. The van der Waals surface area contributed by atoms with Crippen molar-refractivity contribution in [2.75, 3.05) is 6.61 Å². The Morgan fingerprint density at radius 2 is 2.04 bits per heavy atom. The molecule has 1 fully saturated rings. The van der Waals surface area contributed by atoms with Gasteiger partial charge in [-0.15, -0.1) is 5.01 Å². The molecule has 2 N–H and O–H groups in total. The second kappa shape index (κ2) is 6.47. The van der Waals surface area contributed by atoms with Gasteiger partial charge in [-0.2, -0.15) is 5.10 Å². The third-order valence-corrected chi connectivity index (χ3v) is 3.51. The van der Waals surface area contributed by atoms with Crippen molar-refractivity contribution in [2.45, 2.75) is 25.8 Å². The molecular formula is C15H17N3O5. The van der Waals surface area contributed by atoms with Gasteiger partial charge >= 0.3 is 12.0 Å². The van der Waals surface area contributed by atoms with E-state index in [1.54, 1.807) is 38.1 Å². The number of ether oxygens (including phenoxy) is 1. The molecule has 1 saturated heterocycles. The van der Waals surface area contributed by atoms with Gasteiger partial charge in [-0.1, -0.05) is 6.92 Å². The van der Waals surface area contributed by atoms with Gasteiger partial charge in [0.1, 0.15) is 11.3 Å². The first kappa shape index (κ1) is 16.5. The maximum atomic E-state index is 12.1. The lowest BCUT2D eigenvalue weighted by molar-refractivity contribution is -0.139. The second-order valence-electron chi connectivity index (χ2n) is 5.23. The minimum absolute atomic E-state index is 0.400. The van der Waals surface area contributed by atoms with Gasteiger partial charge in [-0.3, -0.25) is 4.79 Å². The highest BCUT2D eigenvalue weighted by molar-refractivity contribution is 6.07. The molecule has 1 atom stereocenters. The molecule has 122 valence electrons. The number of hydrogen-bond acceptors (Lipinski definition) is 5. The van der Waals surface area contributed by atoms with Gasteiger partial charge < -0.3 is 15.2 Å². The third kappa shape index (κ3) is 3.65. The zero-order chi connectivity index (χ0) is 17.0. The molecule has 0 spiro atoms. The predicted molar refractivity (Wildman–Crippen MR) is 81.2 cm³/mol. The minimum Gasteiger partial charge on any atom is -0.482 e. The number of aliphatic carboxylic acids is 1. The van der Waals surface area contributed by atoms with Crippen LogP contribution in [0, 0.1) is 0 Å². The number of carbonyl (C=O) groups is 3. The first-order valence-electron chi connectivity index (χ1n) is 7.01. The monoisotopic (exact) mass is 319 g/mol. The molecule has 2 rings (SSSR count). The summed E-state index contributed by atoms with van der Waals surface area (Å²) in [7, 11) is 0. The summed E-state index contributed by atoms with van der Waals surface area (Å²) in [5, 5.41) is 15.8. The lowest BCUT2D eigenvalue weighted by Gasteiger charge is -2.17. The van der Waals surface area contributed by atoms with Crippen molar-refractivity contribution in [1.29, 1.82) is 0 Å². The molecule has 0 bridgehead atoms. The quantitative estimate of drug-likeness (QED) is 0.605. The van der Waals surface area contributed by atoms with Crippen LogP contribution in [0.1, 0.15) is 25.8 Å². The van der Waals surface area contributed by atoms with Gasteiger partial charge in [0.25, 0.3) is 5.91 Å². The van der Waals surface area contributed by atoms with E-state index in [-0.39, 0.29) is 0 Å². The van der Waals surface area contributed by atoms with E-state index < -0.39 is 30.1 Å². The molecular weight excluding hydrogens is 302 g/mol. The van der Waals surface area contributed by atoms with E-state index in [9.17, 15) is 14.4 Å². The normalized spacial score (nSPS) is 20.9. The topological polar surface area (TPSA) is 108 Å². The number of nitrogens with one attached hydrogen (secondary N) is 1. The van der Waals surface area contributed by atoms with Gasteiger partial charge in [0.05, 0.1) is 6.21 Å². The fourth-order valence-electron chi connectivity index (χ4n) is 1.93. The first-order chi connectivity index (χ1) is 10.9. The molecule has 1 aromatic carbocycles. The Morgan fingerprint density at radius 3 is 2.57 bits per heavy atom. The van der Waals surface area contributed by atoms with Crippen LogP contribution >= 0.6 is 0 Å². The van der Waals surface area contributed by atoms with Gasteiger partial charge in [-0.05, 0) is 43.2 Å². The highest BCUT2D eigenvalue weighted by Gasteiger charge is 2.46. The molecule has 0 aliphatic carbocycles. The van der Waals surface area contributed by atoms with Crippen LogP contribution in [-0.2, 0) is 9.59 Å². The van der Waals surface area contributed by atoms with Crippen LogP contribution in [0.4, 0.5) is 4.79 Å². The maximum Gasteiger partial charge on any atom is 0.346 e. The average molecular weight is 319 g/mol. The van der Waals surface area contributed by atoms with Crippen molar-refractivity contribution < 1.29 is 24.2 Å². The summed E-state index contributed by atoms with van der Waals surface area (Å²) in [4.78, 5) is 34.3. The van der Waals surface area contributed by atoms with Crippen LogP contribution in [0.15, 0.2) is 29.4 Å². The van der Waals surface area contributed by atoms with Crippen LogP contribution in [-0.4, -0.2) is 46.4 Å². The summed E-state index contributed by atoms with van der Waals surface area (Å²) in [5.41, 5.74) is -0.290. The standard InChI is InChI=1S/C15H17N3O5/c1-3-15(2)13(21)18(14(22)17-15)16-8-10-4-6-11(7-5-10)23-9-12(19)20/h4-8H,3,9H2,1-2H3,(H,17,22)(H,19,20)/t15-/m0/s1.